The van der Waals surface area contributed by atoms with E-state index in [9.17, 15) is 19.5 Å². The number of nitrogens with zero attached hydrogens (tertiary/aromatic N) is 2. The lowest BCUT2D eigenvalue weighted by atomic mass is 10.2. The Kier molecular flexibility index (Phi) is 24.2. The topological polar surface area (TPSA) is 194 Å². The third-order valence-electron chi connectivity index (χ3n) is 6.80. The van der Waals surface area contributed by atoms with Gasteiger partial charge in [0.25, 0.3) is 0 Å². The monoisotopic (exact) mass is 679 g/mol. The van der Waals surface area contributed by atoms with Crippen LogP contribution >= 0.6 is 0 Å². The van der Waals surface area contributed by atoms with E-state index in [4.69, 9.17) is 48.0 Å². The van der Waals surface area contributed by atoms with Crippen molar-refractivity contribution in [2.24, 2.45) is 0 Å². The largest absolute Gasteiger partial charge is 0.412 e. The van der Waals surface area contributed by atoms with Gasteiger partial charge in [0.1, 0.15) is 0 Å². The lowest BCUT2D eigenvalue weighted by Crippen LogP contribution is -2.38. The summed E-state index contributed by atoms with van der Waals surface area (Å²) in [6, 6.07) is 0. The number of carbonyl (C=O) groups excluding carboxylic acids is 3. The maximum Gasteiger partial charge on any atom is 0.343 e. The molecule has 2 N–H and O–H groups in total. The molecule has 0 bridgehead atoms. The van der Waals surface area contributed by atoms with Crippen molar-refractivity contribution in [3.63, 3.8) is 0 Å². The first kappa shape index (κ1) is 41.0. The Morgan fingerprint density at radius 1 is 0.574 bits per heavy atom. The van der Waals surface area contributed by atoms with Gasteiger partial charge in [0.05, 0.1) is 125 Å². The third kappa shape index (κ3) is 22.9. The summed E-state index contributed by atoms with van der Waals surface area (Å²) in [6.07, 6.45) is -2.84. The van der Waals surface area contributed by atoms with Gasteiger partial charge in [-0.2, -0.15) is 0 Å². The van der Waals surface area contributed by atoms with Crippen LogP contribution < -0.4 is 0 Å². The molecule has 0 spiro atoms. The van der Waals surface area contributed by atoms with E-state index in [-0.39, 0.29) is 39.3 Å². The molecule has 2 aliphatic heterocycles. The highest BCUT2D eigenvalue weighted by atomic mass is 16.6. The Hall–Kier alpha value is -2.16. The zero-order valence-electron chi connectivity index (χ0n) is 27.4. The van der Waals surface area contributed by atoms with Crippen LogP contribution in [0.5, 0.6) is 0 Å². The van der Waals surface area contributed by atoms with E-state index >= 15 is 0 Å². The molecule has 0 aliphatic carbocycles. The van der Waals surface area contributed by atoms with E-state index in [0.29, 0.717) is 52.9 Å². The number of esters is 3. The SMILES string of the molecule is N=C(CC(O)C(=O)OC(=O)CCOCCOCCOCCN1CCOCC1)OC(=O)CCOCCOCCOCCN1CCOCC1. The smallest absolute Gasteiger partial charge is 0.343 e. The number of carbonyl (C=O) groups is 3. The number of morpholine rings is 2. The van der Waals surface area contributed by atoms with Crippen LogP contribution in [0, 0.1) is 5.41 Å². The molecule has 1 atom stereocenters. The summed E-state index contributed by atoms with van der Waals surface area (Å²) in [4.78, 5) is 40.2. The average Bonchev–Trinajstić information content (AvgIpc) is 3.06. The fourth-order valence-corrected chi connectivity index (χ4v) is 4.15. The van der Waals surface area contributed by atoms with Gasteiger partial charge in [-0.1, -0.05) is 0 Å². The Bertz CT molecular complexity index is 856. The minimum Gasteiger partial charge on any atom is -0.412 e. The van der Waals surface area contributed by atoms with Crippen molar-refractivity contribution in [1.82, 2.24) is 9.80 Å². The Labute approximate surface area is 276 Å². The highest BCUT2D eigenvalue weighted by molar-refractivity contribution is 5.93. The molecule has 1 unspecified atom stereocenters. The molecule has 0 radical (unpaired) electrons. The highest BCUT2D eigenvalue weighted by Crippen LogP contribution is 2.02. The lowest BCUT2D eigenvalue weighted by Gasteiger charge is -2.26. The molecule has 17 heteroatoms. The van der Waals surface area contributed by atoms with E-state index in [1.54, 1.807) is 0 Å². The van der Waals surface area contributed by atoms with Crippen LogP contribution in [0.25, 0.3) is 0 Å². The van der Waals surface area contributed by atoms with Gasteiger partial charge in [0.15, 0.2) is 12.0 Å². The summed E-state index contributed by atoms with van der Waals surface area (Å²) in [6.45, 7) is 12.7. The first-order chi connectivity index (χ1) is 22.9. The average molecular weight is 680 g/mol. The molecule has 2 saturated heterocycles. The van der Waals surface area contributed by atoms with E-state index in [0.717, 1.165) is 65.7 Å². The highest BCUT2D eigenvalue weighted by Gasteiger charge is 2.23. The van der Waals surface area contributed by atoms with Crippen molar-refractivity contribution in [2.75, 3.05) is 145 Å². The van der Waals surface area contributed by atoms with Gasteiger partial charge in [0.2, 0.25) is 0 Å². The number of rotatable bonds is 27. The summed E-state index contributed by atoms with van der Waals surface area (Å²) in [5.41, 5.74) is 0. The molecule has 0 aromatic carbocycles. The molecule has 2 aliphatic rings. The molecule has 0 amide bonds. The zero-order valence-corrected chi connectivity index (χ0v) is 27.4. The maximum atomic E-state index is 11.9. The van der Waals surface area contributed by atoms with Crippen molar-refractivity contribution in [1.29, 1.82) is 5.41 Å². The first-order valence-electron chi connectivity index (χ1n) is 16.2. The molecular formula is C30H53N3O14. The maximum absolute atomic E-state index is 11.9. The van der Waals surface area contributed by atoms with Crippen LogP contribution in [0.3, 0.4) is 0 Å². The Morgan fingerprint density at radius 2 is 0.936 bits per heavy atom. The Morgan fingerprint density at radius 3 is 1.36 bits per heavy atom. The number of ether oxygens (including phenoxy) is 10. The minimum atomic E-state index is -1.85. The van der Waals surface area contributed by atoms with Crippen molar-refractivity contribution < 1.29 is 66.9 Å². The fourth-order valence-electron chi connectivity index (χ4n) is 4.15. The minimum absolute atomic E-state index is 0.00655. The summed E-state index contributed by atoms with van der Waals surface area (Å²) in [5, 5.41) is 17.6. The molecular weight excluding hydrogens is 626 g/mol. The van der Waals surface area contributed by atoms with Gasteiger partial charge in [-0.3, -0.25) is 24.8 Å². The predicted octanol–water partition coefficient (Wildman–Crippen LogP) is -1.13. The van der Waals surface area contributed by atoms with Gasteiger partial charge >= 0.3 is 17.9 Å². The molecule has 2 heterocycles. The second-order valence-corrected chi connectivity index (χ2v) is 10.5. The van der Waals surface area contributed by atoms with Crippen molar-refractivity contribution in [3.8, 4) is 0 Å². The molecule has 0 saturated carbocycles. The van der Waals surface area contributed by atoms with Crippen LogP contribution in [0.4, 0.5) is 0 Å². The molecule has 272 valence electrons. The predicted molar refractivity (Wildman–Crippen MR) is 164 cm³/mol. The standard InChI is InChI=1S/C30H53N3O14/c31-27(46-28(35)1-9-38-17-21-44-23-19-42-15-7-32-3-11-40-12-4-32)25-26(34)30(37)47-29(36)2-10-39-18-22-45-24-20-43-16-8-33-5-13-41-14-6-33/h26,31,34H,1-25H2. The fraction of sp³-hybridized carbons (Fsp3) is 0.867. The van der Waals surface area contributed by atoms with Gasteiger partial charge in [-0.25, -0.2) is 4.79 Å². The number of nitrogens with one attached hydrogen (secondary N) is 1. The second kappa shape index (κ2) is 27.8. The third-order valence-corrected chi connectivity index (χ3v) is 6.80. The molecule has 0 aromatic rings. The van der Waals surface area contributed by atoms with Crippen LogP contribution in [-0.2, 0) is 61.8 Å². The molecule has 17 nitrogen and oxygen atoms in total. The van der Waals surface area contributed by atoms with Crippen molar-refractivity contribution >= 4 is 23.8 Å². The molecule has 2 rings (SSSR count). The van der Waals surface area contributed by atoms with Crippen molar-refractivity contribution in [2.45, 2.75) is 25.4 Å². The summed E-state index contributed by atoms with van der Waals surface area (Å²) < 4.78 is 52.4. The summed E-state index contributed by atoms with van der Waals surface area (Å²) >= 11 is 0. The number of hydrogen-bond acceptors (Lipinski definition) is 17. The quantitative estimate of drug-likeness (QED) is 0.0348. The van der Waals surface area contributed by atoms with E-state index in [1.807, 2.05) is 0 Å². The first-order valence-corrected chi connectivity index (χ1v) is 16.2. The lowest BCUT2D eigenvalue weighted by molar-refractivity contribution is -0.166. The number of aliphatic hydroxyl groups excluding tert-OH is 1. The van der Waals surface area contributed by atoms with Crippen LogP contribution in [0.1, 0.15) is 19.3 Å². The van der Waals surface area contributed by atoms with Gasteiger partial charge < -0.3 is 52.5 Å². The summed E-state index contributed by atoms with van der Waals surface area (Å²) in [5.74, 6) is -3.56. The number of hydrogen-bond donors (Lipinski definition) is 2. The van der Waals surface area contributed by atoms with Crippen LogP contribution in [0.15, 0.2) is 0 Å². The Balaban J connectivity index is 1.33. The van der Waals surface area contributed by atoms with Crippen LogP contribution in [-0.4, -0.2) is 190 Å². The normalized spacial score (nSPS) is 16.5. The van der Waals surface area contributed by atoms with Crippen LogP contribution in [0.2, 0.25) is 0 Å². The molecule has 47 heavy (non-hydrogen) atoms. The van der Waals surface area contributed by atoms with E-state index in [2.05, 4.69) is 14.5 Å². The van der Waals surface area contributed by atoms with E-state index < -0.39 is 36.3 Å². The van der Waals surface area contributed by atoms with Gasteiger partial charge in [0, 0.05) is 39.3 Å². The summed E-state index contributed by atoms with van der Waals surface area (Å²) in [7, 11) is 0. The molecule has 2 fully saturated rings. The van der Waals surface area contributed by atoms with Crippen molar-refractivity contribution in [3.05, 3.63) is 0 Å². The zero-order chi connectivity index (χ0) is 33.8. The molecule has 0 aromatic heterocycles. The van der Waals surface area contributed by atoms with E-state index in [1.165, 1.54) is 0 Å². The number of aliphatic hydroxyl groups is 1. The van der Waals surface area contributed by atoms with Gasteiger partial charge in [-0.05, 0) is 0 Å². The van der Waals surface area contributed by atoms with Gasteiger partial charge in [-0.15, -0.1) is 0 Å². The second-order valence-electron chi connectivity index (χ2n) is 10.5.